The molecule has 0 atom stereocenters. The van der Waals surface area contributed by atoms with Gasteiger partial charge in [-0.25, -0.2) is 0 Å². The Morgan fingerprint density at radius 2 is 1.35 bits per heavy atom. The van der Waals surface area contributed by atoms with E-state index in [0.717, 1.165) is 44.7 Å². The predicted molar refractivity (Wildman–Crippen MR) is 163 cm³/mol. The first kappa shape index (κ1) is 24.8. The highest BCUT2D eigenvalue weighted by molar-refractivity contribution is 6.31. The molecule has 198 valence electrons. The maximum Gasteiger partial charge on any atom is 0.178 e. The van der Waals surface area contributed by atoms with Crippen LogP contribution in [0.15, 0.2) is 97.1 Å². The summed E-state index contributed by atoms with van der Waals surface area (Å²) in [4.78, 5) is 0. The second kappa shape index (κ2) is 8.90. The Bertz CT molecular complexity index is 1770. The van der Waals surface area contributed by atoms with E-state index in [0.29, 0.717) is 5.02 Å². The van der Waals surface area contributed by atoms with Crippen LogP contribution in [0.5, 0.6) is 17.2 Å². The molecule has 5 aromatic rings. The highest BCUT2D eigenvalue weighted by Gasteiger charge is 2.44. The Labute approximate surface area is 239 Å². The van der Waals surface area contributed by atoms with E-state index in [1.165, 1.54) is 22.3 Å². The first-order valence-corrected chi connectivity index (χ1v) is 13.8. The zero-order chi connectivity index (χ0) is 27.6. The molecule has 4 heteroatoms. The molecular weight excluding hydrogens is 516 g/mol. The number of halogens is 1. The number of benzene rings is 5. The van der Waals surface area contributed by atoms with Crippen molar-refractivity contribution in [1.82, 2.24) is 0 Å². The van der Waals surface area contributed by atoms with Gasteiger partial charge in [0, 0.05) is 32.5 Å². The zero-order valence-electron chi connectivity index (χ0n) is 22.9. The monoisotopic (exact) mass is 544 g/mol. The summed E-state index contributed by atoms with van der Waals surface area (Å²) in [7, 11) is 3.36. The van der Waals surface area contributed by atoms with Gasteiger partial charge in [0.2, 0.25) is 0 Å². The van der Waals surface area contributed by atoms with Crippen LogP contribution in [-0.2, 0) is 11.0 Å². The largest absolute Gasteiger partial charge is 0.497 e. The van der Waals surface area contributed by atoms with Crippen molar-refractivity contribution in [2.75, 3.05) is 14.2 Å². The minimum atomic E-state index is -0.859. The summed E-state index contributed by atoms with van der Waals surface area (Å²) in [6, 6.07) is 31.0. The van der Waals surface area contributed by atoms with Gasteiger partial charge in [0.25, 0.3) is 0 Å². The summed E-state index contributed by atoms with van der Waals surface area (Å²) in [6.45, 7) is 4.61. The van der Waals surface area contributed by atoms with Gasteiger partial charge in [-0.2, -0.15) is 0 Å². The van der Waals surface area contributed by atoms with Gasteiger partial charge in [0.15, 0.2) is 5.60 Å². The molecule has 1 heterocycles. The van der Waals surface area contributed by atoms with Gasteiger partial charge < -0.3 is 14.2 Å². The van der Waals surface area contributed by atoms with Crippen molar-refractivity contribution in [3.63, 3.8) is 0 Å². The van der Waals surface area contributed by atoms with Gasteiger partial charge in [-0.3, -0.25) is 0 Å². The van der Waals surface area contributed by atoms with E-state index in [2.05, 4.69) is 86.7 Å². The summed E-state index contributed by atoms with van der Waals surface area (Å²) in [6.07, 6.45) is 4.45. The Balaban J connectivity index is 1.54. The topological polar surface area (TPSA) is 27.7 Å². The first-order chi connectivity index (χ1) is 19.4. The van der Waals surface area contributed by atoms with Crippen LogP contribution in [0.4, 0.5) is 0 Å². The highest BCUT2D eigenvalue weighted by Crippen LogP contribution is 2.58. The molecule has 0 N–H and O–H groups in total. The molecule has 0 fully saturated rings. The molecule has 0 radical (unpaired) electrons. The SMILES string of the molecule is COc1ccc(C2(c3ccc(OC)cc3)C=Cc3c4c(c5cc(Cl)ccc5c3O2)-c2ccccc2C4(C)C)cc1. The van der Waals surface area contributed by atoms with E-state index < -0.39 is 5.60 Å². The van der Waals surface area contributed by atoms with Crippen LogP contribution < -0.4 is 14.2 Å². The van der Waals surface area contributed by atoms with Crippen LogP contribution in [0.3, 0.4) is 0 Å². The number of hydrogen-bond acceptors (Lipinski definition) is 3. The molecular formula is C36H29ClO3. The van der Waals surface area contributed by atoms with Gasteiger partial charge >= 0.3 is 0 Å². The lowest BCUT2D eigenvalue weighted by Gasteiger charge is -2.38. The van der Waals surface area contributed by atoms with Crippen molar-refractivity contribution < 1.29 is 14.2 Å². The zero-order valence-corrected chi connectivity index (χ0v) is 23.7. The van der Waals surface area contributed by atoms with Gasteiger partial charge in [0.05, 0.1) is 14.2 Å². The smallest absolute Gasteiger partial charge is 0.178 e. The van der Waals surface area contributed by atoms with Crippen LogP contribution >= 0.6 is 11.6 Å². The first-order valence-electron chi connectivity index (χ1n) is 13.4. The third kappa shape index (κ3) is 3.44. The molecule has 0 saturated carbocycles. The van der Waals surface area contributed by atoms with E-state index in [-0.39, 0.29) is 5.41 Å². The normalized spacial score (nSPS) is 15.6. The maximum absolute atomic E-state index is 7.30. The third-order valence-corrected chi connectivity index (χ3v) is 8.77. The molecule has 5 aromatic carbocycles. The molecule has 0 aromatic heterocycles. The van der Waals surface area contributed by atoms with Gasteiger partial charge in [-0.15, -0.1) is 0 Å². The third-order valence-electron chi connectivity index (χ3n) is 8.54. The molecule has 7 rings (SSSR count). The average molecular weight is 545 g/mol. The van der Waals surface area contributed by atoms with Gasteiger partial charge in [0.1, 0.15) is 17.2 Å². The van der Waals surface area contributed by atoms with Gasteiger partial charge in [-0.1, -0.05) is 80.1 Å². The molecule has 3 nitrogen and oxygen atoms in total. The quantitative estimate of drug-likeness (QED) is 0.226. The molecule has 0 amide bonds. The van der Waals surface area contributed by atoms with Crippen LogP contribution in [0.1, 0.15) is 41.7 Å². The lowest BCUT2D eigenvalue weighted by Crippen LogP contribution is -2.35. The Kier molecular flexibility index (Phi) is 5.52. The minimum Gasteiger partial charge on any atom is -0.497 e. The Morgan fingerprint density at radius 3 is 1.98 bits per heavy atom. The molecule has 0 unspecified atom stereocenters. The van der Waals surface area contributed by atoms with E-state index in [1.54, 1.807) is 14.2 Å². The van der Waals surface area contributed by atoms with E-state index >= 15 is 0 Å². The number of hydrogen-bond donors (Lipinski definition) is 0. The van der Waals surface area contributed by atoms with Crippen molar-refractivity contribution in [1.29, 1.82) is 0 Å². The predicted octanol–water partition coefficient (Wildman–Crippen LogP) is 9.17. The summed E-state index contributed by atoms with van der Waals surface area (Å²) >= 11 is 6.63. The molecule has 1 aliphatic carbocycles. The summed E-state index contributed by atoms with van der Waals surface area (Å²) in [5, 5.41) is 2.86. The molecule has 40 heavy (non-hydrogen) atoms. The fourth-order valence-corrected chi connectivity index (χ4v) is 6.75. The van der Waals surface area contributed by atoms with E-state index in [9.17, 15) is 0 Å². The van der Waals surface area contributed by atoms with E-state index in [1.807, 2.05) is 30.3 Å². The van der Waals surface area contributed by atoms with Crippen molar-refractivity contribution in [2.24, 2.45) is 0 Å². The molecule has 2 aliphatic rings. The van der Waals surface area contributed by atoms with Crippen LogP contribution in [0, 0.1) is 0 Å². The maximum atomic E-state index is 7.30. The molecule has 0 bridgehead atoms. The lowest BCUT2D eigenvalue weighted by atomic mass is 9.77. The van der Waals surface area contributed by atoms with Crippen LogP contribution in [-0.4, -0.2) is 14.2 Å². The molecule has 0 spiro atoms. The van der Waals surface area contributed by atoms with Crippen LogP contribution in [0.25, 0.3) is 28.0 Å². The summed E-state index contributed by atoms with van der Waals surface area (Å²) < 4.78 is 18.2. The molecule has 0 saturated heterocycles. The number of ether oxygens (including phenoxy) is 3. The van der Waals surface area contributed by atoms with Crippen molar-refractivity contribution in [2.45, 2.75) is 24.9 Å². The minimum absolute atomic E-state index is 0.208. The fourth-order valence-electron chi connectivity index (χ4n) is 6.58. The second-order valence-electron chi connectivity index (χ2n) is 11.0. The standard InChI is InChI=1S/C36H29ClO3/c1-35(2)31-8-6-5-7-28(31)32-30-21-24(37)13-18-27(30)34-29(33(32)35)19-20-36(40-34,22-9-14-25(38-3)15-10-22)23-11-16-26(39-4)17-12-23/h5-21H,1-4H3. The van der Waals surface area contributed by atoms with Crippen molar-refractivity contribution >= 4 is 28.4 Å². The lowest BCUT2D eigenvalue weighted by molar-refractivity contribution is 0.163. The number of fused-ring (bicyclic) bond motifs is 8. The fraction of sp³-hybridized carbons (Fsp3) is 0.167. The van der Waals surface area contributed by atoms with Gasteiger partial charge in [-0.05, 0) is 76.2 Å². The summed E-state index contributed by atoms with van der Waals surface area (Å²) in [5.41, 5.74) is 7.14. The average Bonchev–Trinajstić information content (AvgIpc) is 3.24. The number of rotatable bonds is 4. The molecule has 1 aliphatic heterocycles. The second-order valence-corrected chi connectivity index (χ2v) is 11.4. The number of methoxy groups -OCH3 is 2. The Hall–Kier alpha value is -4.21. The van der Waals surface area contributed by atoms with Crippen LogP contribution in [0.2, 0.25) is 5.02 Å². The summed E-state index contributed by atoms with van der Waals surface area (Å²) in [5.74, 6) is 2.46. The Morgan fingerprint density at radius 1 is 0.725 bits per heavy atom. The highest BCUT2D eigenvalue weighted by atomic mass is 35.5. The van der Waals surface area contributed by atoms with Crippen molar-refractivity contribution in [3.05, 3.63) is 130 Å². The van der Waals surface area contributed by atoms with E-state index in [4.69, 9.17) is 25.8 Å². The van der Waals surface area contributed by atoms with Crippen molar-refractivity contribution in [3.8, 4) is 28.4 Å².